The molecule has 1 aromatic carbocycles. The molecule has 28 heavy (non-hydrogen) atoms. The van der Waals surface area contributed by atoms with Gasteiger partial charge in [-0.3, -0.25) is 4.79 Å². The molecule has 0 radical (unpaired) electrons. The second-order valence-corrected chi connectivity index (χ2v) is 7.03. The van der Waals surface area contributed by atoms with Crippen LogP contribution >= 0.6 is 11.3 Å². The second-order valence-electron chi connectivity index (χ2n) is 6.12. The van der Waals surface area contributed by atoms with Gasteiger partial charge in [-0.25, -0.2) is 9.59 Å². The lowest BCUT2D eigenvalue weighted by Crippen LogP contribution is -2.47. The zero-order valence-electron chi connectivity index (χ0n) is 15.4. The van der Waals surface area contributed by atoms with Crippen molar-refractivity contribution in [3.63, 3.8) is 0 Å². The Morgan fingerprint density at radius 3 is 2.50 bits per heavy atom. The van der Waals surface area contributed by atoms with Crippen molar-refractivity contribution in [1.29, 1.82) is 5.26 Å². The van der Waals surface area contributed by atoms with E-state index in [-0.39, 0.29) is 5.92 Å². The van der Waals surface area contributed by atoms with Crippen molar-refractivity contribution < 1.29 is 19.1 Å². The summed E-state index contributed by atoms with van der Waals surface area (Å²) in [4.78, 5) is 36.4. The van der Waals surface area contributed by atoms with E-state index in [2.05, 4.69) is 16.0 Å². The topological polar surface area (TPSA) is 120 Å². The number of nitriles is 1. The molecule has 0 aliphatic rings. The quantitative estimate of drug-likeness (QED) is 0.617. The average molecular weight is 400 g/mol. The minimum atomic E-state index is -0.923. The fraction of sp³-hybridized carbons (Fsp3) is 0.263. The number of nitrogens with zero attached hydrogens (tertiary/aromatic N) is 1. The summed E-state index contributed by atoms with van der Waals surface area (Å²) in [6.45, 7) is 2.98. The summed E-state index contributed by atoms with van der Waals surface area (Å²) >= 11 is 1.20. The normalized spacial score (nSPS) is 11.2. The summed E-state index contributed by atoms with van der Waals surface area (Å²) in [6, 6.07) is 10.8. The first kappa shape index (κ1) is 20.9. The predicted octanol–water partition coefficient (Wildman–Crippen LogP) is 2.95. The van der Waals surface area contributed by atoms with Crippen LogP contribution in [0, 0.1) is 17.2 Å². The Morgan fingerprint density at radius 1 is 1.14 bits per heavy atom. The van der Waals surface area contributed by atoms with E-state index >= 15 is 0 Å². The number of urea groups is 1. The number of anilines is 2. The summed E-state index contributed by atoms with van der Waals surface area (Å²) in [5.41, 5.74) is 0.920. The van der Waals surface area contributed by atoms with Gasteiger partial charge in [0.1, 0.15) is 17.1 Å². The number of amides is 3. The number of carbonyl (C=O) groups is 3. The average Bonchev–Trinajstić information content (AvgIpc) is 3.11. The van der Waals surface area contributed by atoms with Crippen LogP contribution in [0.3, 0.4) is 0 Å². The highest BCUT2D eigenvalue weighted by Gasteiger charge is 2.26. The molecule has 3 N–H and O–H groups in total. The Kier molecular flexibility index (Phi) is 7.54. The van der Waals surface area contributed by atoms with E-state index in [0.29, 0.717) is 16.3 Å². The number of ether oxygens (including phenoxy) is 1. The molecule has 1 aromatic heterocycles. The van der Waals surface area contributed by atoms with Crippen molar-refractivity contribution >= 4 is 39.9 Å². The van der Waals surface area contributed by atoms with Gasteiger partial charge in [-0.1, -0.05) is 32.0 Å². The molecule has 0 saturated heterocycles. The number of hydrogen-bond acceptors (Lipinski definition) is 6. The lowest BCUT2D eigenvalue weighted by molar-refractivity contribution is -0.150. The van der Waals surface area contributed by atoms with Crippen LogP contribution in [0.1, 0.15) is 19.4 Å². The van der Waals surface area contributed by atoms with Gasteiger partial charge < -0.3 is 20.7 Å². The molecule has 0 saturated carbocycles. The van der Waals surface area contributed by atoms with E-state index < -0.39 is 30.6 Å². The van der Waals surface area contributed by atoms with Crippen LogP contribution in [-0.4, -0.2) is 30.6 Å². The van der Waals surface area contributed by atoms with Crippen LogP contribution in [0.15, 0.2) is 41.8 Å². The van der Waals surface area contributed by atoms with Gasteiger partial charge in [-0.15, -0.1) is 11.3 Å². The highest BCUT2D eigenvalue weighted by Crippen LogP contribution is 2.21. The zero-order valence-corrected chi connectivity index (χ0v) is 16.2. The molecule has 0 unspecified atom stereocenters. The second kappa shape index (κ2) is 10.1. The maximum atomic E-state index is 12.3. The molecule has 2 aromatic rings. The van der Waals surface area contributed by atoms with E-state index in [1.807, 2.05) is 12.1 Å². The van der Waals surface area contributed by atoms with Crippen LogP contribution in [0.4, 0.5) is 15.5 Å². The third-order valence-electron chi connectivity index (χ3n) is 3.62. The number of hydrogen-bond donors (Lipinski definition) is 3. The summed E-state index contributed by atoms with van der Waals surface area (Å²) < 4.78 is 5.03. The maximum absolute atomic E-state index is 12.3. The molecular formula is C19H20N4O4S. The summed E-state index contributed by atoms with van der Waals surface area (Å²) in [5.74, 6) is -1.54. The molecule has 1 atom stereocenters. The number of esters is 1. The molecule has 1 heterocycles. The molecule has 0 bridgehead atoms. The van der Waals surface area contributed by atoms with E-state index in [1.54, 1.807) is 49.6 Å². The molecule has 0 aliphatic carbocycles. The first-order chi connectivity index (χ1) is 13.4. The van der Waals surface area contributed by atoms with Crippen LogP contribution in [-0.2, 0) is 14.3 Å². The van der Waals surface area contributed by atoms with Crippen LogP contribution in [0.25, 0.3) is 0 Å². The van der Waals surface area contributed by atoms with Gasteiger partial charge in [0, 0.05) is 5.69 Å². The van der Waals surface area contributed by atoms with Crippen molar-refractivity contribution in [2.75, 3.05) is 17.2 Å². The first-order valence-electron chi connectivity index (χ1n) is 8.47. The lowest BCUT2D eigenvalue weighted by Gasteiger charge is -2.21. The number of carbonyl (C=O) groups excluding carboxylic acids is 3. The highest BCUT2D eigenvalue weighted by atomic mass is 32.1. The molecule has 8 nitrogen and oxygen atoms in total. The molecule has 0 fully saturated rings. The van der Waals surface area contributed by atoms with Crippen molar-refractivity contribution in [3.8, 4) is 6.07 Å². The van der Waals surface area contributed by atoms with Crippen LogP contribution in [0.5, 0.6) is 0 Å². The Labute approximate surface area is 166 Å². The number of benzene rings is 1. The van der Waals surface area contributed by atoms with Gasteiger partial charge in [0.25, 0.3) is 5.91 Å². The van der Waals surface area contributed by atoms with Gasteiger partial charge in [-0.05, 0) is 29.5 Å². The van der Waals surface area contributed by atoms with Gasteiger partial charge >= 0.3 is 12.0 Å². The largest absolute Gasteiger partial charge is 0.454 e. The van der Waals surface area contributed by atoms with Crippen LogP contribution in [0.2, 0.25) is 0 Å². The predicted molar refractivity (Wildman–Crippen MR) is 106 cm³/mol. The Balaban J connectivity index is 1.87. The highest BCUT2D eigenvalue weighted by molar-refractivity contribution is 7.14. The lowest BCUT2D eigenvalue weighted by atomic mass is 10.1. The Hall–Kier alpha value is -3.38. The molecule has 2 rings (SSSR count). The Bertz CT molecular complexity index is 874. The number of para-hydroxylation sites is 1. The number of thiophene rings is 1. The van der Waals surface area contributed by atoms with Crippen molar-refractivity contribution in [3.05, 3.63) is 47.3 Å². The molecule has 146 valence electrons. The summed E-state index contributed by atoms with van der Waals surface area (Å²) in [5, 5.41) is 18.7. The molecule has 3 amide bonds. The summed E-state index contributed by atoms with van der Waals surface area (Å²) in [6.07, 6.45) is 0. The standard InChI is InChI=1S/C19H20N4O4S/c1-12(2)16(23-19(26)21-14-6-4-3-5-7-14)18(25)27-11-15(24)22-17-13(10-20)8-9-28-17/h3-9,12,16H,11H2,1-2H3,(H,22,24)(H2,21,23,26)/t16-/m1/s1. The third kappa shape index (κ3) is 6.10. The van der Waals surface area contributed by atoms with E-state index in [4.69, 9.17) is 10.00 Å². The number of nitrogens with one attached hydrogen (secondary N) is 3. The molecule has 9 heteroatoms. The van der Waals surface area contributed by atoms with Gasteiger partial charge in [-0.2, -0.15) is 5.26 Å². The van der Waals surface area contributed by atoms with Gasteiger partial charge in [0.2, 0.25) is 0 Å². The third-order valence-corrected chi connectivity index (χ3v) is 4.45. The number of rotatable bonds is 7. The molecule has 0 spiro atoms. The SMILES string of the molecule is CC(C)[C@@H](NC(=O)Nc1ccccc1)C(=O)OCC(=O)Nc1sccc1C#N. The smallest absolute Gasteiger partial charge is 0.329 e. The maximum Gasteiger partial charge on any atom is 0.329 e. The van der Waals surface area contributed by atoms with Gasteiger partial charge in [0.15, 0.2) is 6.61 Å². The molecular weight excluding hydrogens is 380 g/mol. The van der Waals surface area contributed by atoms with Crippen LogP contribution < -0.4 is 16.0 Å². The molecule has 0 aliphatic heterocycles. The van der Waals surface area contributed by atoms with E-state index in [1.165, 1.54) is 11.3 Å². The fourth-order valence-electron chi connectivity index (χ4n) is 2.21. The van der Waals surface area contributed by atoms with Crippen molar-refractivity contribution in [1.82, 2.24) is 5.32 Å². The van der Waals surface area contributed by atoms with E-state index in [0.717, 1.165) is 0 Å². The van der Waals surface area contributed by atoms with Crippen molar-refractivity contribution in [2.45, 2.75) is 19.9 Å². The first-order valence-corrected chi connectivity index (χ1v) is 9.35. The Morgan fingerprint density at radius 2 is 1.86 bits per heavy atom. The monoisotopic (exact) mass is 400 g/mol. The minimum Gasteiger partial charge on any atom is -0.454 e. The summed E-state index contributed by atoms with van der Waals surface area (Å²) in [7, 11) is 0. The fourth-order valence-corrected chi connectivity index (χ4v) is 2.96. The minimum absolute atomic E-state index is 0.250. The van der Waals surface area contributed by atoms with Gasteiger partial charge in [0.05, 0.1) is 5.56 Å². The van der Waals surface area contributed by atoms with E-state index in [9.17, 15) is 14.4 Å². The van der Waals surface area contributed by atoms with Crippen molar-refractivity contribution in [2.24, 2.45) is 5.92 Å². The zero-order chi connectivity index (χ0) is 20.5.